The Kier molecular flexibility index (Phi) is 5.43. The molecule has 13 heteroatoms. The van der Waals surface area contributed by atoms with Crippen LogP contribution in [0.2, 0.25) is 0 Å². The number of carboxylic acid groups (broad SMARTS) is 1. The van der Waals surface area contributed by atoms with Crippen LogP contribution in [0.25, 0.3) is 22.7 Å². The first-order chi connectivity index (χ1) is 13.9. The van der Waals surface area contributed by atoms with E-state index < -0.39 is 23.8 Å². The molecule has 0 aliphatic rings. The monoisotopic (exact) mass is 447 g/mol. The summed E-state index contributed by atoms with van der Waals surface area (Å²) in [5.41, 5.74) is -1.57. The minimum Gasteiger partial charge on any atom is -0.477 e. The molecule has 0 unspecified atom stereocenters. The molecule has 0 radical (unpaired) electrons. The average Bonchev–Trinajstić information content (AvgIpc) is 2.97. The van der Waals surface area contributed by atoms with Gasteiger partial charge in [0.2, 0.25) is 0 Å². The average molecular weight is 447 g/mol. The van der Waals surface area contributed by atoms with E-state index in [1.54, 1.807) is 13.0 Å². The van der Waals surface area contributed by atoms with Crippen molar-refractivity contribution in [3.63, 3.8) is 0 Å². The van der Waals surface area contributed by atoms with Gasteiger partial charge in [-0.15, -0.1) is 22.0 Å². The zero-order chi connectivity index (χ0) is 22.4. The molecule has 3 aromatic heterocycles. The van der Waals surface area contributed by atoms with E-state index in [0.717, 1.165) is 0 Å². The third kappa shape index (κ3) is 3.57. The van der Waals surface area contributed by atoms with Crippen molar-refractivity contribution in [2.75, 3.05) is 5.75 Å². The number of alkyl halides is 5. The van der Waals surface area contributed by atoms with E-state index in [1.165, 1.54) is 23.4 Å². The SMILES string of the molecule is CCSc1cc(C)c(C(=O)O)nc1-c1nc2cc(C(F)(F)C(F)(F)F)nnc2n1C. The Balaban J connectivity index is 2.24. The summed E-state index contributed by atoms with van der Waals surface area (Å²) in [5, 5.41) is 15.9. The van der Waals surface area contributed by atoms with Gasteiger partial charge in [0.25, 0.3) is 0 Å². The fourth-order valence-electron chi connectivity index (χ4n) is 2.73. The van der Waals surface area contributed by atoms with E-state index >= 15 is 0 Å². The Morgan fingerprint density at radius 1 is 1.17 bits per heavy atom. The normalized spacial score (nSPS) is 12.5. The first-order valence-electron chi connectivity index (χ1n) is 8.41. The molecule has 160 valence electrons. The largest absolute Gasteiger partial charge is 0.477 e. The number of aromatic nitrogens is 5. The number of fused-ring (bicyclic) bond motifs is 1. The van der Waals surface area contributed by atoms with Gasteiger partial charge in [0.1, 0.15) is 16.9 Å². The van der Waals surface area contributed by atoms with Crippen LogP contribution < -0.4 is 0 Å². The predicted molar refractivity (Wildman–Crippen MR) is 97.6 cm³/mol. The third-order valence-electron chi connectivity index (χ3n) is 4.19. The molecule has 0 aliphatic heterocycles. The van der Waals surface area contributed by atoms with Gasteiger partial charge >= 0.3 is 18.1 Å². The minimum absolute atomic E-state index is 0.0570. The van der Waals surface area contributed by atoms with Gasteiger partial charge in [-0.25, -0.2) is 14.8 Å². The standard InChI is InChI=1S/C17H14F5N5O2S/c1-4-30-9-5-7(2)11(15(28)29)24-12(9)14-23-8-6-10(16(18,19)17(20,21)22)25-26-13(8)27(14)3/h5-6H,4H2,1-3H3,(H,28,29). The highest BCUT2D eigenvalue weighted by atomic mass is 32.2. The van der Waals surface area contributed by atoms with Gasteiger partial charge in [0.05, 0.1) is 0 Å². The minimum atomic E-state index is -5.84. The third-order valence-corrected chi connectivity index (χ3v) is 5.10. The van der Waals surface area contributed by atoms with Crippen molar-refractivity contribution in [2.45, 2.75) is 30.8 Å². The molecule has 0 amide bonds. The van der Waals surface area contributed by atoms with Gasteiger partial charge in [0, 0.05) is 11.9 Å². The lowest BCUT2D eigenvalue weighted by molar-refractivity contribution is -0.291. The van der Waals surface area contributed by atoms with Crippen molar-refractivity contribution in [3.05, 3.63) is 29.1 Å². The first-order valence-corrected chi connectivity index (χ1v) is 9.40. The van der Waals surface area contributed by atoms with Crippen LogP contribution in [0.5, 0.6) is 0 Å². The maximum atomic E-state index is 13.6. The van der Waals surface area contributed by atoms with E-state index in [1.807, 2.05) is 6.92 Å². The van der Waals surface area contributed by atoms with Crippen LogP contribution in [-0.2, 0) is 13.0 Å². The Hall–Kier alpha value is -2.83. The molecule has 0 fully saturated rings. The summed E-state index contributed by atoms with van der Waals surface area (Å²) in [5.74, 6) is -5.79. The topological polar surface area (TPSA) is 93.8 Å². The van der Waals surface area contributed by atoms with Crippen molar-refractivity contribution < 1.29 is 31.9 Å². The van der Waals surface area contributed by atoms with E-state index in [2.05, 4.69) is 20.2 Å². The van der Waals surface area contributed by atoms with Gasteiger partial charge in [-0.3, -0.25) is 0 Å². The Bertz CT molecular complexity index is 1150. The van der Waals surface area contributed by atoms with E-state index in [4.69, 9.17) is 0 Å². The number of imidazole rings is 1. The molecule has 3 aromatic rings. The lowest BCUT2D eigenvalue weighted by Gasteiger charge is -2.17. The number of aromatic carboxylic acids is 1. The molecule has 0 saturated carbocycles. The molecule has 0 saturated heterocycles. The lowest BCUT2D eigenvalue weighted by Crippen LogP contribution is -2.34. The number of hydrogen-bond donors (Lipinski definition) is 1. The van der Waals surface area contributed by atoms with E-state index in [-0.39, 0.29) is 28.4 Å². The highest BCUT2D eigenvalue weighted by molar-refractivity contribution is 7.99. The molecule has 1 N–H and O–H groups in total. The maximum absolute atomic E-state index is 13.6. The number of nitrogens with zero attached hydrogens (tertiary/aromatic N) is 5. The second-order valence-corrected chi connectivity index (χ2v) is 7.55. The summed E-state index contributed by atoms with van der Waals surface area (Å²) >= 11 is 1.35. The molecule has 3 rings (SSSR count). The van der Waals surface area contributed by atoms with Crippen molar-refractivity contribution in [1.82, 2.24) is 24.7 Å². The van der Waals surface area contributed by atoms with Crippen molar-refractivity contribution >= 4 is 28.9 Å². The summed E-state index contributed by atoms with van der Waals surface area (Å²) in [6.45, 7) is 3.44. The zero-order valence-corrected chi connectivity index (χ0v) is 16.6. The summed E-state index contributed by atoms with van der Waals surface area (Å²) in [6, 6.07) is 2.12. The van der Waals surface area contributed by atoms with Crippen molar-refractivity contribution in [2.24, 2.45) is 7.05 Å². The Labute approximate surface area is 170 Å². The van der Waals surface area contributed by atoms with Gasteiger partial charge in [0.15, 0.2) is 17.2 Å². The molecule has 0 aliphatic carbocycles. The summed E-state index contributed by atoms with van der Waals surface area (Å²) in [7, 11) is 1.45. The van der Waals surface area contributed by atoms with Gasteiger partial charge in [-0.05, 0) is 30.4 Å². The van der Waals surface area contributed by atoms with Gasteiger partial charge < -0.3 is 9.67 Å². The maximum Gasteiger partial charge on any atom is 0.459 e. The first kappa shape index (κ1) is 21.9. The van der Waals surface area contributed by atoms with Crippen molar-refractivity contribution in [3.8, 4) is 11.5 Å². The Morgan fingerprint density at radius 2 is 1.83 bits per heavy atom. The van der Waals surface area contributed by atoms with Gasteiger partial charge in [-0.2, -0.15) is 22.0 Å². The summed E-state index contributed by atoms with van der Waals surface area (Å²) in [6.07, 6.45) is -5.84. The molecule has 0 aromatic carbocycles. The predicted octanol–water partition coefficient (Wildman–Crippen LogP) is 4.20. The number of halogens is 5. The second-order valence-electron chi connectivity index (χ2n) is 6.24. The number of hydrogen-bond acceptors (Lipinski definition) is 6. The molecule has 0 bridgehead atoms. The Morgan fingerprint density at radius 3 is 2.40 bits per heavy atom. The molecule has 7 nitrogen and oxygen atoms in total. The van der Waals surface area contributed by atoms with E-state index in [0.29, 0.717) is 22.3 Å². The van der Waals surface area contributed by atoms with Crippen molar-refractivity contribution in [1.29, 1.82) is 0 Å². The van der Waals surface area contributed by atoms with Crippen LogP contribution >= 0.6 is 11.8 Å². The van der Waals surface area contributed by atoms with Crippen LogP contribution in [0.15, 0.2) is 17.0 Å². The number of aryl methyl sites for hydroxylation is 2. The lowest BCUT2D eigenvalue weighted by atomic mass is 10.2. The molecular formula is C17H14F5N5O2S. The smallest absolute Gasteiger partial charge is 0.459 e. The van der Waals surface area contributed by atoms with Crippen LogP contribution in [-0.4, -0.2) is 47.7 Å². The highest BCUT2D eigenvalue weighted by Crippen LogP contribution is 2.43. The van der Waals surface area contributed by atoms with Crippen LogP contribution in [0, 0.1) is 6.92 Å². The number of carboxylic acids is 1. The number of rotatable bonds is 5. The quantitative estimate of drug-likeness (QED) is 0.463. The summed E-state index contributed by atoms with van der Waals surface area (Å²) in [4.78, 5) is 20.3. The fourth-order valence-corrected chi connectivity index (χ4v) is 3.57. The van der Waals surface area contributed by atoms with Crippen LogP contribution in [0.3, 0.4) is 0 Å². The number of carbonyl (C=O) groups is 1. The molecule has 0 spiro atoms. The zero-order valence-electron chi connectivity index (χ0n) is 15.8. The number of thioether (sulfide) groups is 1. The molecule has 3 heterocycles. The number of pyridine rings is 1. The molecule has 30 heavy (non-hydrogen) atoms. The molecular weight excluding hydrogens is 433 g/mol. The highest BCUT2D eigenvalue weighted by Gasteiger charge is 2.60. The molecule has 0 atom stereocenters. The fraction of sp³-hybridized carbons (Fsp3) is 0.353. The van der Waals surface area contributed by atoms with E-state index in [9.17, 15) is 31.9 Å². The summed E-state index contributed by atoms with van der Waals surface area (Å²) < 4.78 is 66.5. The second kappa shape index (κ2) is 7.45. The van der Waals surface area contributed by atoms with Gasteiger partial charge in [-0.1, -0.05) is 6.92 Å². The van der Waals surface area contributed by atoms with Crippen LogP contribution in [0.4, 0.5) is 22.0 Å². The van der Waals surface area contributed by atoms with Crippen LogP contribution in [0.1, 0.15) is 28.7 Å².